The highest BCUT2D eigenvalue weighted by Crippen LogP contribution is 2.13. The topological polar surface area (TPSA) is 21.6 Å². The van der Waals surface area contributed by atoms with Crippen molar-refractivity contribution >= 4 is 5.87 Å². The molecule has 80 valence electrons. The van der Waals surface area contributed by atoms with Crippen LogP contribution in [0.2, 0.25) is 0 Å². The fraction of sp³-hybridized carbons (Fsp3) is 0.385. The van der Waals surface area contributed by atoms with Crippen LogP contribution in [0.15, 0.2) is 35.8 Å². The lowest BCUT2D eigenvalue weighted by Crippen LogP contribution is -2.04. The average molecular weight is 203 g/mol. The third-order valence-electron chi connectivity index (χ3n) is 1.88. The van der Waals surface area contributed by atoms with E-state index in [-0.39, 0.29) is 0 Å². The molecule has 1 aromatic carbocycles. The van der Waals surface area contributed by atoms with Crippen molar-refractivity contribution in [3.05, 3.63) is 36.4 Å². The molecule has 0 aliphatic carbocycles. The van der Waals surface area contributed by atoms with Crippen LogP contribution in [0.1, 0.15) is 19.4 Å². The molecule has 0 amide bonds. The Labute approximate surface area is 91.3 Å². The van der Waals surface area contributed by atoms with Crippen LogP contribution in [0.5, 0.6) is 5.75 Å². The van der Waals surface area contributed by atoms with Gasteiger partial charge in [0.2, 0.25) is 0 Å². The fourth-order valence-corrected chi connectivity index (χ4v) is 1.10. The van der Waals surface area contributed by atoms with Crippen LogP contribution in [-0.2, 0) is 6.54 Å². The summed E-state index contributed by atoms with van der Waals surface area (Å²) in [7, 11) is 0. The zero-order chi connectivity index (χ0) is 11.1. The third-order valence-corrected chi connectivity index (χ3v) is 1.88. The quantitative estimate of drug-likeness (QED) is 0.674. The summed E-state index contributed by atoms with van der Waals surface area (Å²) in [5.74, 6) is 3.98. The summed E-state index contributed by atoms with van der Waals surface area (Å²) < 4.78 is 5.57. The van der Waals surface area contributed by atoms with Gasteiger partial charge < -0.3 is 4.74 Å². The minimum Gasteiger partial charge on any atom is -0.493 e. The first-order valence-corrected chi connectivity index (χ1v) is 5.12. The van der Waals surface area contributed by atoms with Gasteiger partial charge in [-0.2, -0.15) is 0 Å². The summed E-state index contributed by atoms with van der Waals surface area (Å²) in [4.78, 5) is 3.94. The SMILES string of the molecule is C=C=NCc1ccc(OCC(C)C)cc1. The molecule has 0 unspecified atom stereocenters. The van der Waals surface area contributed by atoms with Crippen molar-refractivity contribution < 1.29 is 4.74 Å². The first-order valence-electron chi connectivity index (χ1n) is 5.12. The van der Waals surface area contributed by atoms with E-state index in [2.05, 4.69) is 31.3 Å². The van der Waals surface area contributed by atoms with Gasteiger partial charge in [0, 0.05) is 0 Å². The van der Waals surface area contributed by atoms with E-state index in [1.54, 1.807) is 0 Å². The zero-order valence-corrected chi connectivity index (χ0v) is 9.36. The molecule has 0 aliphatic rings. The van der Waals surface area contributed by atoms with E-state index in [1.165, 1.54) is 0 Å². The molecular formula is C13H17NO. The predicted octanol–water partition coefficient (Wildman–Crippen LogP) is 3.08. The summed E-state index contributed by atoms with van der Waals surface area (Å²) in [6, 6.07) is 7.96. The maximum atomic E-state index is 5.57. The van der Waals surface area contributed by atoms with Gasteiger partial charge in [-0.3, -0.25) is 0 Å². The van der Waals surface area contributed by atoms with Gasteiger partial charge in [0.15, 0.2) is 0 Å². The van der Waals surface area contributed by atoms with E-state index in [4.69, 9.17) is 4.74 Å². The minimum atomic E-state index is 0.551. The summed E-state index contributed by atoms with van der Waals surface area (Å²) in [5, 5.41) is 0. The zero-order valence-electron chi connectivity index (χ0n) is 9.36. The van der Waals surface area contributed by atoms with Gasteiger partial charge in [-0.1, -0.05) is 26.0 Å². The van der Waals surface area contributed by atoms with Crippen LogP contribution in [0, 0.1) is 5.92 Å². The van der Waals surface area contributed by atoms with Gasteiger partial charge in [0.25, 0.3) is 0 Å². The van der Waals surface area contributed by atoms with Gasteiger partial charge in [-0.15, -0.1) is 0 Å². The van der Waals surface area contributed by atoms with Gasteiger partial charge >= 0.3 is 0 Å². The number of aliphatic imine (C=N–C) groups is 1. The van der Waals surface area contributed by atoms with Crippen LogP contribution >= 0.6 is 0 Å². The van der Waals surface area contributed by atoms with Gasteiger partial charge in [0.05, 0.1) is 13.2 Å². The maximum Gasteiger partial charge on any atom is 0.119 e. The lowest BCUT2D eigenvalue weighted by molar-refractivity contribution is 0.271. The molecule has 2 heteroatoms. The molecule has 1 rings (SSSR count). The van der Waals surface area contributed by atoms with Crippen LogP contribution in [0.25, 0.3) is 0 Å². The number of benzene rings is 1. The molecule has 0 atom stereocenters. The highest BCUT2D eigenvalue weighted by Gasteiger charge is 1.97. The van der Waals surface area contributed by atoms with Crippen molar-refractivity contribution in [3.8, 4) is 5.75 Å². The molecule has 0 fully saturated rings. The largest absolute Gasteiger partial charge is 0.493 e. The number of hydrogen-bond donors (Lipinski definition) is 0. The Balaban J connectivity index is 2.52. The summed E-state index contributed by atoms with van der Waals surface area (Å²) in [5.41, 5.74) is 1.14. The Morgan fingerprint density at radius 2 is 2.00 bits per heavy atom. The number of nitrogens with zero attached hydrogens (tertiary/aromatic N) is 1. The lowest BCUT2D eigenvalue weighted by atomic mass is 10.2. The van der Waals surface area contributed by atoms with Crippen molar-refractivity contribution in [2.75, 3.05) is 6.61 Å². The van der Waals surface area contributed by atoms with Crippen molar-refractivity contribution in [2.45, 2.75) is 20.4 Å². The van der Waals surface area contributed by atoms with Crippen LogP contribution < -0.4 is 4.74 Å². The molecule has 0 bridgehead atoms. The molecular weight excluding hydrogens is 186 g/mol. The first kappa shape index (κ1) is 11.5. The van der Waals surface area contributed by atoms with E-state index in [0.717, 1.165) is 17.9 Å². The second-order valence-electron chi connectivity index (χ2n) is 3.82. The number of hydrogen-bond acceptors (Lipinski definition) is 2. The van der Waals surface area contributed by atoms with Crippen LogP contribution in [0.4, 0.5) is 0 Å². The summed E-state index contributed by atoms with van der Waals surface area (Å²) in [6.07, 6.45) is 0. The van der Waals surface area contributed by atoms with Gasteiger partial charge in [-0.25, -0.2) is 4.99 Å². The normalized spacial score (nSPS) is 9.80. The monoisotopic (exact) mass is 203 g/mol. The van der Waals surface area contributed by atoms with Crippen LogP contribution in [0.3, 0.4) is 0 Å². The molecule has 0 saturated heterocycles. The minimum absolute atomic E-state index is 0.551. The highest BCUT2D eigenvalue weighted by molar-refractivity contribution is 5.46. The van der Waals surface area contributed by atoms with E-state index in [9.17, 15) is 0 Å². The van der Waals surface area contributed by atoms with Gasteiger partial charge in [0.1, 0.15) is 5.75 Å². The Morgan fingerprint density at radius 3 is 2.53 bits per heavy atom. The van der Waals surface area contributed by atoms with E-state index in [0.29, 0.717) is 12.5 Å². The second-order valence-corrected chi connectivity index (χ2v) is 3.82. The molecule has 0 aliphatic heterocycles. The van der Waals surface area contributed by atoms with E-state index < -0.39 is 0 Å². The Bertz CT molecular complexity index is 334. The molecule has 0 spiro atoms. The lowest BCUT2D eigenvalue weighted by Gasteiger charge is -2.08. The highest BCUT2D eigenvalue weighted by atomic mass is 16.5. The Hall–Kier alpha value is -1.53. The number of rotatable bonds is 5. The number of ether oxygens (including phenoxy) is 1. The van der Waals surface area contributed by atoms with Crippen molar-refractivity contribution in [1.82, 2.24) is 0 Å². The van der Waals surface area contributed by atoms with Gasteiger partial charge in [-0.05, 0) is 36.1 Å². The molecule has 1 aromatic rings. The average Bonchev–Trinajstić information content (AvgIpc) is 2.25. The smallest absolute Gasteiger partial charge is 0.119 e. The van der Waals surface area contributed by atoms with E-state index >= 15 is 0 Å². The van der Waals surface area contributed by atoms with Crippen LogP contribution in [-0.4, -0.2) is 12.5 Å². The maximum absolute atomic E-state index is 5.57. The van der Waals surface area contributed by atoms with Crippen molar-refractivity contribution in [1.29, 1.82) is 0 Å². The molecule has 2 nitrogen and oxygen atoms in total. The molecule has 15 heavy (non-hydrogen) atoms. The Kier molecular flexibility index (Phi) is 4.65. The molecule has 0 radical (unpaired) electrons. The summed E-state index contributed by atoms with van der Waals surface area (Å²) >= 11 is 0. The predicted molar refractivity (Wildman–Crippen MR) is 63.5 cm³/mol. The fourth-order valence-electron chi connectivity index (χ4n) is 1.10. The van der Waals surface area contributed by atoms with Crippen molar-refractivity contribution in [2.24, 2.45) is 10.9 Å². The molecule has 0 aromatic heterocycles. The molecule has 0 N–H and O–H groups in total. The van der Waals surface area contributed by atoms with Crippen molar-refractivity contribution in [3.63, 3.8) is 0 Å². The third kappa shape index (κ3) is 4.48. The second kappa shape index (κ2) is 6.05. The standard InChI is InChI=1S/C13H17NO/c1-4-14-9-12-5-7-13(8-6-12)15-10-11(2)3/h5-8,11H,1,9-10H2,2-3H3. The molecule has 0 heterocycles. The van der Waals surface area contributed by atoms with E-state index in [1.807, 2.05) is 24.3 Å². The molecule has 0 saturated carbocycles. The Morgan fingerprint density at radius 1 is 1.33 bits per heavy atom. The summed E-state index contributed by atoms with van der Waals surface area (Å²) in [6.45, 7) is 9.08. The first-order chi connectivity index (χ1) is 7.22.